The summed E-state index contributed by atoms with van der Waals surface area (Å²) in [7, 11) is 0. The molecule has 1 aliphatic rings. The van der Waals surface area contributed by atoms with Gasteiger partial charge in [-0.05, 0) is 55.8 Å². The van der Waals surface area contributed by atoms with Gasteiger partial charge in [-0.1, -0.05) is 12.1 Å². The minimum atomic E-state index is -0.238. The molecule has 1 aliphatic heterocycles. The Hall–Kier alpha value is -4.26. The first-order valence-corrected chi connectivity index (χ1v) is 12.6. The van der Waals surface area contributed by atoms with Gasteiger partial charge in [-0.15, -0.1) is 11.3 Å². The van der Waals surface area contributed by atoms with Gasteiger partial charge in [0.25, 0.3) is 0 Å². The van der Waals surface area contributed by atoms with Gasteiger partial charge in [0, 0.05) is 34.3 Å². The molecule has 1 atom stereocenters. The third-order valence-corrected chi connectivity index (χ3v) is 7.82. The Kier molecular flexibility index (Phi) is 5.60. The molecule has 5 aromatic rings. The van der Waals surface area contributed by atoms with E-state index in [1.54, 1.807) is 23.5 Å². The summed E-state index contributed by atoms with van der Waals surface area (Å²) < 4.78 is 2.10. The molecule has 4 aromatic heterocycles. The Balaban J connectivity index is 1.32. The number of rotatable bonds is 6. The van der Waals surface area contributed by atoms with E-state index in [0.717, 1.165) is 64.5 Å². The van der Waals surface area contributed by atoms with Crippen molar-refractivity contribution in [1.82, 2.24) is 24.5 Å². The summed E-state index contributed by atoms with van der Waals surface area (Å²) in [5, 5.41) is 16.5. The number of imidazole rings is 1. The molecule has 9 heteroatoms. The lowest BCUT2D eigenvalue weighted by molar-refractivity contribution is -0.122. The lowest BCUT2D eigenvalue weighted by atomic mass is 10.0. The number of nitrogens with one attached hydrogen (secondary N) is 1. The number of amides is 1. The van der Waals surface area contributed by atoms with E-state index in [2.05, 4.69) is 48.9 Å². The minimum absolute atomic E-state index is 0.172. The van der Waals surface area contributed by atoms with Crippen molar-refractivity contribution in [2.45, 2.75) is 25.4 Å². The number of aromatic nitrogens is 4. The van der Waals surface area contributed by atoms with Crippen molar-refractivity contribution in [3.8, 4) is 39.0 Å². The first-order chi connectivity index (χ1) is 17.6. The topological polar surface area (TPSA) is 116 Å². The number of benzene rings is 1. The molecule has 0 spiro atoms. The van der Waals surface area contributed by atoms with Crippen LogP contribution in [0, 0.1) is 11.3 Å². The number of carbonyl (C=O) groups is 1. The van der Waals surface area contributed by atoms with Crippen LogP contribution in [0.4, 0.5) is 0 Å². The van der Waals surface area contributed by atoms with E-state index in [4.69, 9.17) is 11.0 Å². The van der Waals surface area contributed by atoms with E-state index in [1.165, 1.54) is 4.88 Å². The summed E-state index contributed by atoms with van der Waals surface area (Å²) >= 11 is 1.71. The van der Waals surface area contributed by atoms with Crippen LogP contribution in [0.25, 0.3) is 38.6 Å². The number of likely N-dealkylation sites (tertiary alicyclic amines) is 1. The second-order valence-corrected chi connectivity index (χ2v) is 10.1. The van der Waals surface area contributed by atoms with Crippen molar-refractivity contribution >= 4 is 22.9 Å². The normalized spacial score (nSPS) is 15.9. The third kappa shape index (κ3) is 3.96. The second kappa shape index (κ2) is 9.07. The van der Waals surface area contributed by atoms with Crippen molar-refractivity contribution in [2.24, 2.45) is 5.73 Å². The number of hydrogen-bond acceptors (Lipinski definition) is 6. The molecule has 178 valence electrons. The largest absolute Gasteiger partial charge is 0.368 e. The Morgan fingerprint density at radius 3 is 2.78 bits per heavy atom. The Morgan fingerprint density at radius 2 is 1.97 bits per heavy atom. The van der Waals surface area contributed by atoms with Crippen molar-refractivity contribution in [2.75, 3.05) is 6.54 Å². The van der Waals surface area contributed by atoms with Gasteiger partial charge >= 0.3 is 0 Å². The summed E-state index contributed by atoms with van der Waals surface area (Å²) in [5.41, 5.74) is 11.9. The van der Waals surface area contributed by atoms with E-state index in [0.29, 0.717) is 5.56 Å². The average Bonchev–Trinajstić information content (AvgIpc) is 3.70. The van der Waals surface area contributed by atoms with Crippen LogP contribution in [0.2, 0.25) is 0 Å². The number of thiophene rings is 1. The lowest BCUT2D eigenvalue weighted by Crippen LogP contribution is -2.39. The standard InChI is InChI=1S/C27H23N7OS/c28-12-17-3-5-18(6-4-17)26-21(13-31-32-26)19-7-10-25-30-14-23(34(25)15-19)24-9-8-20(36-24)16-33-11-1-2-22(33)27(29)35/h3-10,13-15,22H,1-2,11,16H2,(H2,29,35)(H,31,32). The summed E-state index contributed by atoms with van der Waals surface area (Å²) in [6.07, 6.45) is 7.63. The van der Waals surface area contributed by atoms with Crippen molar-refractivity contribution < 1.29 is 4.79 Å². The SMILES string of the molecule is N#Cc1ccc(-c2[nH]ncc2-c2ccc3ncc(-c4ccc(CN5CCCC5C(N)=O)s4)n3c2)cc1. The number of hydrogen-bond donors (Lipinski definition) is 2. The van der Waals surface area contributed by atoms with Crippen molar-refractivity contribution in [3.63, 3.8) is 0 Å². The fraction of sp³-hybridized carbons (Fsp3) is 0.185. The molecule has 3 N–H and O–H groups in total. The van der Waals surface area contributed by atoms with Crippen LogP contribution >= 0.6 is 11.3 Å². The lowest BCUT2D eigenvalue weighted by Gasteiger charge is -2.20. The molecule has 0 saturated carbocycles. The van der Waals surface area contributed by atoms with Gasteiger partial charge in [-0.2, -0.15) is 10.4 Å². The maximum Gasteiger partial charge on any atom is 0.234 e. The van der Waals surface area contributed by atoms with Gasteiger partial charge < -0.3 is 5.73 Å². The molecule has 5 heterocycles. The van der Waals surface area contributed by atoms with Crippen LogP contribution in [0.5, 0.6) is 0 Å². The maximum absolute atomic E-state index is 11.8. The average molecular weight is 494 g/mol. The number of nitrogens with two attached hydrogens (primary N) is 1. The fourth-order valence-corrected chi connectivity index (χ4v) is 5.94. The number of primary amides is 1. The highest BCUT2D eigenvalue weighted by molar-refractivity contribution is 7.15. The number of carbonyl (C=O) groups excluding carboxylic acids is 1. The quantitative estimate of drug-likeness (QED) is 0.363. The summed E-state index contributed by atoms with van der Waals surface area (Å²) in [6, 6.07) is 17.7. The van der Waals surface area contributed by atoms with Crippen LogP contribution in [0.3, 0.4) is 0 Å². The molecule has 36 heavy (non-hydrogen) atoms. The van der Waals surface area contributed by atoms with E-state index < -0.39 is 0 Å². The predicted octanol–water partition coefficient (Wildman–Crippen LogP) is 4.44. The molecule has 0 aliphatic carbocycles. The molecule has 1 aromatic carbocycles. The number of fused-ring (bicyclic) bond motifs is 1. The Morgan fingerprint density at radius 1 is 1.14 bits per heavy atom. The van der Waals surface area contributed by atoms with Crippen molar-refractivity contribution in [3.05, 3.63) is 77.6 Å². The van der Waals surface area contributed by atoms with Crippen LogP contribution in [-0.2, 0) is 11.3 Å². The zero-order valence-corrected chi connectivity index (χ0v) is 20.2. The second-order valence-electron chi connectivity index (χ2n) is 8.93. The highest BCUT2D eigenvalue weighted by atomic mass is 32.1. The minimum Gasteiger partial charge on any atom is -0.368 e. The summed E-state index contributed by atoms with van der Waals surface area (Å²) in [4.78, 5) is 20.9. The Bertz CT molecular complexity index is 1610. The van der Waals surface area contributed by atoms with Gasteiger partial charge in [0.2, 0.25) is 5.91 Å². The van der Waals surface area contributed by atoms with E-state index in [-0.39, 0.29) is 11.9 Å². The zero-order valence-electron chi connectivity index (χ0n) is 19.4. The number of H-pyrrole nitrogens is 1. The molecule has 0 bridgehead atoms. The smallest absolute Gasteiger partial charge is 0.234 e. The van der Waals surface area contributed by atoms with E-state index in [1.807, 2.05) is 36.7 Å². The number of nitriles is 1. The summed E-state index contributed by atoms with van der Waals surface area (Å²) in [5.74, 6) is -0.238. The van der Waals surface area contributed by atoms with E-state index >= 15 is 0 Å². The summed E-state index contributed by atoms with van der Waals surface area (Å²) in [6.45, 7) is 1.62. The molecule has 1 amide bonds. The van der Waals surface area contributed by atoms with E-state index in [9.17, 15) is 4.79 Å². The maximum atomic E-state index is 11.8. The number of nitrogens with zero attached hydrogens (tertiary/aromatic N) is 5. The van der Waals surface area contributed by atoms with Gasteiger partial charge in [0.1, 0.15) is 5.65 Å². The van der Waals surface area contributed by atoms with Gasteiger partial charge in [0.05, 0.1) is 46.3 Å². The van der Waals surface area contributed by atoms with Gasteiger partial charge in [0.15, 0.2) is 0 Å². The molecule has 6 rings (SSSR count). The molecule has 0 radical (unpaired) electrons. The van der Waals surface area contributed by atoms with Crippen LogP contribution in [-0.4, -0.2) is 43.0 Å². The first kappa shape index (κ1) is 22.2. The van der Waals surface area contributed by atoms with Crippen molar-refractivity contribution in [1.29, 1.82) is 5.26 Å². The first-order valence-electron chi connectivity index (χ1n) is 11.7. The molecular weight excluding hydrogens is 470 g/mol. The van der Waals surface area contributed by atoms with Gasteiger partial charge in [-0.3, -0.25) is 19.2 Å². The molecule has 8 nitrogen and oxygen atoms in total. The van der Waals surface area contributed by atoms with Gasteiger partial charge in [-0.25, -0.2) is 4.98 Å². The predicted molar refractivity (Wildman–Crippen MR) is 139 cm³/mol. The fourth-order valence-electron chi connectivity index (χ4n) is 4.90. The molecular formula is C27H23N7OS. The molecule has 1 fully saturated rings. The zero-order chi connectivity index (χ0) is 24.6. The monoisotopic (exact) mass is 493 g/mol. The Labute approximate surface area is 211 Å². The number of aromatic amines is 1. The van der Waals surface area contributed by atoms with Crippen LogP contribution < -0.4 is 5.73 Å². The highest BCUT2D eigenvalue weighted by Gasteiger charge is 2.29. The molecule has 1 unspecified atom stereocenters. The third-order valence-electron chi connectivity index (χ3n) is 6.72. The molecule has 1 saturated heterocycles. The highest BCUT2D eigenvalue weighted by Crippen LogP contribution is 2.34. The van der Waals surface area contributed by atoms with Crippen LogP contribution in [0.15, 0.2) is 67.1 Å². The van der Waals surface area contributed by atoms with Crippen LogP contribution in [0.1, 0.15) is 23.3 Å². The number of pyridine rings is 1.